The summed E-state index contributed by atoms with van der Waals surface area (Å²) in [5, 5.41) is 10.0. The highest BCUT2D eigenvalue weighted by Gasteiger charge is 2.35. The molecule has 0 amide bonds. The number of halogens is 1. The number of ether oxygens (including phenoxy) is 1. The Hall–Kier alpha value is -0.0900. The molecular formula is C8H9ClO2S. The molecule has 2 nitrogen and oxygen atoms in total. The molecule has 0 bridgehead atoms. The van der Waals surface area contributed by atoms with E-state index in [9.17, 15) is 5.11 Å². The highest BCUT2D eigenvalue weighted by atomic mass is 35.5. The molecule has 1 aromatic rings. The van der Waals surface area contributed by atoms with Gasteiger partial charge >= 0.3 is 0 Å². The van der Waals surface area contributed by atoms with Gasteiger partial charge in [0.1, 0.15) is 5.60 Å². The van der Waals surface area contributed by atoms with E-state index in [1.54, 1.807) is 6.07 Å². The first kappa shape index (κ1) is 8.51. The van der Waals surface area contributed by atoms with Crippen molar-refractivity contribution < 1.29 is 9.84 Å². The number of hydrogen-bond donors (Lipinski definition) is 1. The van der Waals surface area contributed by atoms with Crippen LogP contribution in [0.1, 0.15) is 11.3 Å². The number of thiophene rings is 1. The summed E-state index contributed by atoms with van der Waals surface area (Å²) in [5.74, 6) is 0. The normalized spacial score (nSPS) is 29.5. The van der Waals surface area contributed by atoms with Crippen LogP contribution >= 0.6 is 22.9 Å². The molecule has 1 aliphatic heterocycles. The molecule has 4 heteroatoms. The lowest BCUT2D eigenvalue weighted by atomic mass is 10.0. The van der Waals surface area contributed by atoms with Crippen LogP contribution in [0.3, 0.4) is 0 Å². The second-order valence-electron chi connectivity index (χ2n) is 2.94. The third-order valence-corrected chi connectivity index (χ3v) is 3.46. The van der Waals surface area contributed by atoms with Crippen LogP contribution in [0.15, 0.2) is 12.1 Å². The van der Waals surface area contributed by atoms with Crippen molar-refractivity contribution >= 4 is 22.9 Å². The first-order valence-electron chi connectivity index (χ1n) is 3.77. The van der Waals surface area contributed by atoms with Crippen LogP contribution in [0.2, 0.25) is 4.34 Å². The smallest absolute Gasteiger partial charge is 0.124 e. The van der Waals surface area contributed by atoms with Gasteiger partial charge in [0, 0.05) is 17.9 Å². The first-order valence-corrected chi connectivity index (χ1v) is 4.96. The maximum atomic E-state index is 10.0. The van der Waals surface area contributed by atoms with Crippen LogP contribution in [-0.2, 0) is 10.3 Å². The minimum absolute atomic E-state index is 0.393. The molecule has 66 valence electrons. The monoisotopic (exact) mass is 204 g/mol. The number of hydrogen-bond acceptors (Lipinski definition) is 3. The number of rotatable bonds is 1. The summed E-state index contributed by atoms with van der Waals surface area (Å²) in [6.07, 6.45) is 0.670. The van der Waals surface area contributed by atoms with E-state index in [2.05, 4.69) is 0 Å². The van der Waals surface area contributed by atoms with E-state index in [4.69, 9.17) is 16.3 Å². The Morgan fingerprint density at radius 3 is 2.92 bits per heavy atom. The third-order valence-electron chi connectivity index (χ3n) is 2.03. The summed E-state index contributed by atoms with van der Waals surface area (Å²) in [4.78, 5) is 0.907. The lowest BCUT2D eigenvalue weighted by Gasteiger charge is -2.17. The van der Waals surface area contributed by atoms with Gasteiger partial charge < -0.3 is 9.84 Å². The van der Waals surface area contributed by atoms with Gasteiger partial charge in [-0.15, -0.1) is 11.3 Å². The molecule has 1 saturated heterocycles. The quantitative estimate of drug-likeness (QED) is 0.759. The molecule has 0 spiro atoms. The maximum absolute atomic E-state index is 10.0. The van der Waals surface area contributed by atoms with Gasteiger partial charge in [-0.25, -0.2) is 0 Å². The molecule has 1 unspecified atom stereocenters. The Bertz CT molecular complexity index is 278. The zero-order valence-corrected chi connectivity index (χ0v) is 7.99. The summed E-state index contributed by atoms with van der Waals surface area (Å²) in [7, 11) is 0. The van der Waals surface area contributed by atoms with Gasteiger partial charge in [-0.05, 0) is 12.1 Å². The van der Waals surface area contributed by atoms with Gasteiger partial charge in [-0.3, -0.25) is 0 Å². The van der Waals surface area contributed by atoms with Gasteiger partial charge in [0.05, 0.1) is 10.9 Å². The van der Waals surface area contributed by atoms with Crippen molar-refractivity contribution in [1.82, 2.24) is 0 Å². The highest BCUT2D eigenvalue weighted by Crippen LogP contribution is 2.36. The molecule has 1 aliphatic rings. The van der Waals surface area contributed by atoms with Crippen molar-refractivity contribution in [1.29, 1.82) is 0 Å². The van der Waals surface area contributed by atoms with Crippen molar-refractivity contribution in [3.05, 3.63) is 21.3 Å². The Morgan fingerprint density at radius 2 is 2.42 bits per heavy atom. The summed E-state index contributed by atoms with van der Waals surface area (Å²) in [5.41, 5.74) is -0.780. The fraction of sp³-hybridized carbons (Fsp3) is 0.500. The molecule has 0 saturated carbocycles. The van der Waals surface area contributed by atoms with Crippen molar-refractivity contribution in [3.63, 3.8) is 0 Å². The Balaban J connectivity index is 2.28. The fourth-order valence-electron chi connectivity index (χ4n) is 1.31. The molecule has 1 atom stereocenters. The molecule has 2 heterocycles. The van der Waals surface area contributed by atoms with Gasteiger partial charge in [0.15, 0.2) is 0 Å². The topological polar surface area (TPSA) is 29.5 Å². The SMILES string of the molecule is OC1(c2ccc(Cl)s2)CCOC1. The minimum Gasteiger partial charge on any atom is -0.382 e. The lowest BCUT2D eigenvalue weighted by Crippen LogP contribution is -2.23. The molecule has 1 fully saturated rings. The second-order valence-corrected chi connectivity index (χ2v) is 4.65. The van der Waals surface area contributed by atoms with Crippen LogP contribution in [0.25, 0.3) is 0 Å². The predicted molar refractivity (Wildman–Crippen MR) is 48.7 cm³/mol. The van der Waals surface area contributed by atoms with Gasteiger partial charge in [0.2, 0.25) is 0 Å². The lowest BCUT2D eigenvalue weighted by molar-refractivity contribution is 0.0264. The molecule has 1 aromatic heterocycles. The molecule has 0 aliphatic carbocycles. The van der Waals surface area contributed by atoms with Gasteiger partial charge in [0.25, 0.3) is 0 Å². The maximum Gasteiger partial charge on any atom is 0.124 e. The fourth-order valence-corrected chi connectivity index (χ4v) is 2.46. The second kappa shape index (κ2) is 3.00. The van der Waals surface area contributed by atoms with Crippen molar-refractivity contribution in [2.75, 3.05) is 13.2 Å². The Morgan fingerprint density at radius 1 is 1.58 bits per heavy atom. The van der Waals surface area contributed by atoms with E-state index < -0.39 is 5.60 Å². The van der Waals surface area contributed by atoms with E-state index in [0.29, 0.717) is 24.0 Å². The van der Waals surface area contributed by atoms with Crippen LogP contribution in [-0.4, -0.2) is 18.3 Å². The molecule has 1 N–H and O–H groups in total. The zero-order chi connectivity index (χ0) is 8.60. The first-order chi connectivity index (χ1) is 5.71. The van der Waals surface area contributed by atoms with Crippen molar-refractivity contribution in [2.24, 2.45) is 0 Å². The molecule has 2 rings (SSSR count). The standard InChI is InChI=1S/C8H9ClO2S/c9-7-2-1-6(12-7)8(10)3-4-11-5-8/h1-2,10H,3-5H2. The van der Waals surface area contributed by atoms with E-state index in [1.807, 2.05) is 6.07 Å². The average Bonchev–Trinajstić information content (AvgIpc) is 2.59. The Labute approximate surface area is 79.7 Å². The van der Waals surface area contributed by atoms with Crippen molar-refractivity contribution in [3.8, 4) is 0 Å². The van der Waals surface area contributed by atoms with E-state index in [-0.39, 0.29) is 0 Å². The molecule has 12 heavy (non-hydrogen) atoms. The van der Waals surface area contributed by atoms with Crippen LogP contribution < -0.4 is 0 Å². The predicted octanol–water partition coefficient (Wildman–Crippen LogP) is 2.01. The van der Waals surface area contributed by atoms with Crippen molar-refractivity contribution in [2.45, 2.75) is 12.0 Å². The van der Waals surface area contributed by atoms with Crippen LogP contribution in [0.4, 0.5) is 0 Å². The van der Waals surface area contributed by atoms with Crippen LogP contribution in [0.5, 0.6) is 0 Å². The molecule has 0 radical (unpaired) electrons. The van der Waals surface area contributed by atoms with E-state index in [0.717, 1.165) is 4.88 Å². The zero-order valence-electron chi connectivity index (χ0n) is 6.42. The summed E-state index contributed by atoms with van der Waals surface area (Å²) in [6, 6.07) is 3.67. The third kappa shape index (κ3) is 1.38. The van der Waals surface area contributed by atoms with Gasteiger partial charge in [-0.1, -0.05) is 11.6 Å². The summed E-state index contributed by atoms with van der Waals surface area (Å²) < 4.78 is 5.85. The number of aliphatic hydroxyl groups is 1. The molecular weight excluding hydrogens is 196 g/mol. The van der Waals surface area contributed by atoms with Crippen LogP contribution in [0, 0.1) is 0 Å². The average molecular weight is 205 g/mol. The van der Waals surface area contributed by atoms with E-state index >= 15 is 0 Å². The van der Waals surface area contributed by atoms with Gasteiger partial charge in [-0.2, -0.15) is 0 Å². The Kier molecular flexibility index (Phi) is 2.12. The van der Waals surface area contributed by atoms with E-state index in [1.165, 1.54) is 11.3 Å². The largest absolute Gasteiger partial charge is 0.382 e. The minimum atomic E-state index is -0.780. The summed E-state index contributed by atoms with van der Waals surface area (Å²) in [6.45, 7) is 1.02. The molecule has 0 aromatic carbocycles. The summed E-state index contributed by atoms with van der Waals surface area (Å²) >= 11 is 7.19. The highest BCUT2D eigenvalue weighted by molar-refractivity contribution is 7.16.